The fraction of sp³-hybridized carbons (Fsp3) is 0.600. The smallest absolute Gasteiger partial charge is 0.240 e. The molecule has 6 heteroatoms. The van der Waals surface area contributed by atoms with Crippen molar-refractivity contribution >= 4 is 31.6 Å². The molecule has 4 nitrogen and oxygen atoms in total. The Morgan fingerprint density at radius 1 is 1.24 bits per heavy atom. The van der Waals surface area contributed by atoms with Crippen molar-refractivity contribution in [1.82, 2.24) is 4.72 Å². The maximum absolute atomic E-state index is 12.3. The molecule has 0 aromatic heterocycles. The Kier molecular flexibility index (Phi) is 5.68. The number of sulfonamides is 1. The van der Waals surface area contributed by atoms with Gasteiger partial charge in [-0.3, -0.25) is 0 Å². The van der Waals surface area contributed by atoms with Crippen LogP contribution in [0.5, 0.6) is 0 Å². The van der Waals surface area contributed by atoms with Crippen LogP contribution < -0.4 is 10.5 Å². The number of anilines is 1. The molecule has 1 aromatic rings. The minimum atomic E-state index is -3.47. The van der Waals surface area contributed by atoms with Crippen LogP contribution in [0.15, 0.2) is 27.6 Å². The van der Waals surface area contributed by atoms with Gasteiger partial charge in [0.1, 0.15) is 0 Å². The summed E-state index contributed by atoms with van der Waals surface area (Å²) >= 11 is 3.27. The first-order valence-electron chi connectivity index (χ1n) is 7.47. The Morgan fingerprint density at radius 3 is 2.43 bits per heavy atom. The second kappa shape index (κ2) is 7.11. The molecule has 1 saturated carbocycles. The number of nitrogen functional groups attached to an aromatic ring is 1. The summed E-state index contributed by atoms with van der Waals surface area (Å²) in [7, 11) is -3.47. The number of rotatable bonds is 5. The van der Waals surface area contributed by atoms with E-state index in [2.05, 4.69) is 27.6 Å². The predicted molar refractivity (Wildman–Crippen MR) is 89.5 cm³/mol. The third kappa shape index (κ3) is 4.44. The SMILES string of the molecule is CCC1CCC(CNS(=O)(=O)c2ccc(Br)c(N)c2)CC1. The highest BCUT2D eigenvalue weighted by molar-refractivity contribution is 9.10. The molecule has 0 radical (unpaired) electrons. The highest BCUT2D eigenvalue weighted by Gasteiger charge is 2.22. The van der Waals surface area contributed by atoms with E-state index >= 15 is 0 Å². The molecule has 0 bridgehead atoms. The largest absolute Gasteiger partial charge is 0.398 e. The molecule has 0 amide bonds. The first kappa shape index (κ1) is 16.8. The molecule has 1 fully saturated rings. The Balaban J connectivity index is 1.94. The zero-order valence-electron chi connectivity index (χ0n) is 12.3. The van der Waals surface area contributed by atoms with Crippen LogP contribution in [0.2, 0.25) is 0 Å². The molecule has 0 aliphatic heterocycles. The molecular weight excluding hydrogens is 352 g/mol. The van der Waals surface area contributed by atoms with Crippen molar-refractivity contribution in [2.75, 3.05) is 12.3 Å². The van der Waals surface area contributed by atoms with Crippen molar-refractivity contribution in [3.8, 4) is 0 Å². The average Bonchev–Trinajstić information content (AvgIpc) is 2.48. The van der Waals surface area contributed by atoms with Crippen LogP contribution in [-0.4, -0.2) is 15.0 Å². The van der Waals surface area contributed by atoms with Gasteiger partial charge in [-0.1, -0.05) is 26.2 Å². The summed E-state index contributed by atoms with van der Waals surface area (Å²) < 4.78 is 28.0. The number of halogens is 1. The summed E-state index contributed by atoms with van der Waals surface area (Å²) in [4.78, 5) is 0.227. The van der Waals surface area contributed by atoms with Crippen molar-refractivity contribution < 1.29 is 8.42 Å². The number of hydrogen-bond acceptors (Lipinski definition) is 3. The zero-order chi connectivity index (χ0) is 15.5. The number of benzene rings is 1. The minimum absolute atomic E-state index is 0.227. The maximum Gasteiger partial charge on any atom is 0.240 e. The number of nitrogens with one attached hydrogen (secondary N) is 1. The third-order valence-electron chi connectivity index (χ3n) is 4.38. The van der Waals surface area contributed by atoms with Gasteiger partial charge in [0.15, 0.2) is 0 Å². The van der Waals surface area contributed by atoms with E-state index in [0.717, 1.165) is 18.8 Å². The molecule has 1 aromatic carbocycles. The fourth-order valence-corrected chi connectivity index (χ4v) is 4.24. The number of hydrogen-bond donors (Lipinski definition) is 2. The Bertz CT molecular complexity index is 581. The lowest BCUT2D eigenvalue weighted by molar-refractivity contribution is 0.270. The lowest BCUT2D eigenvalue weighted by atomic mass is 9.81. The third-order valence-corrected chi connectivity index (χ3v) is 6.53. The number of nitrogens with two attached hydrogens (primary N) is 1. The first-order valence-corrected chi connectivity index (χ1v) is 9.74. The lowest BCUT2D eigenvalue weighted by Gasteiger charge is -2.27. The van der Waals surface area contributed by atoms with Crippen LogP contribution in [0, 0.1) is 11.8 Å². The molecule has 0 heterocycles. The van der Waals surface area contributed by atoms with Gasteiger partial charge in [0.25, 0.3) is 0 Å². The summed E-state index contributed by atoms with van der Waals surface area (Å²) in [6.45, 7) is 2.75. The molecule has 21 heavy (non-hydrogen) atoms. The van der Waals surface area contributed by atoms with Crippen LogP contribution >= 0.6 is 15.9 Å². The van der Waals surface area contributed by atoms with E-state index in [-0.39, 0.29) is 4.90 Å². The van der Waals surface area contributed by atoms with Gasteiger partial charge in [0.05, 0.1) is 4.90 Å². The van der Waals surface area contributed by atoms with Crippen molar-refractivity contribution in [2.24, 2.45) is 11.8 Å². The summed E-state index contributed by atoms with van der Waals surface area (Å²) in [6.07, 6.45) is 5.89. The van der Waals surface area contributed by atoms with E-state index in [1.54, 1.807) is 12.1 Å². The van der Waals surface area contributed by atoms with Crippen LogP contribution in [0.4, 0.5) is 5.69 Å². The van der Waals surface area contributed by atoms with Crippen molar-refractivity contribution in [3.05, 3.63) is 22.7 Å². The molecule has 1 aliphatic rings. The van der Waals surface area contributed by atoms with E-state index in [1.807, 2.05) is 0 Å². The molecule has 118 valence electrons. The van der Waals surface area contributed by atoms with Crippen LogP contribution in [0.25, 0.3) is 0 Å². The molecule has 0 unspecified atom stereocenters. The molecule has 1 aliphatic carbocycles. The molecular formula is C15H23BrN2O2S. The molecule has 0 spiro atoms. The van der Waals surface area contributed by atoms with Crippen molar-refractivity contribution in [2.45, 2.75) is 43.9 Å². The predicted octanol–water partition coefficient (Wildman–Crippen LogP) is 3.53. The summed E-state index contributed by atoms with van der Waals surface area (Å²) in [6, 6.07) is 4.72. The highest BCUT2D eigenvalue weighted by Crippen LogP contribution is 2.30. The Labute approximate surface area is 135 Å². The highest BCUT2D eigenvalue weighted by atomic mass is 79.9. The van der Waals surface area contributed by atoms with Crippen molar-refractivity contribution in [3.63, 3.8) is 0 Å². The van der Waals surface area contributed by atoms with E-state index in [0.29, 0.717) is 22.6 Å². The maximum atomic E-state index is 12.3. The Morgan fingerprint density at radius 2 is 1.86 bits per heavy atom. The van der Waals surface area contributed by atoms with Crippen LogP contribution in [0.1, 0.15) is 39.0 Å². The lowest BCUT2D eigenvalue weighted by Crippen LogP contribution is -2.31. The standard InChI is InChI=1S/C15H23BrN2O2S/c1-2-11-3-5-12(6-4-11)10-18-21(19,20)13-7-8-14(16)15(17)9-13/h7-9,11-12,18H,2-6,10,17H2,1H3. The second-order valence-electron chi connectivity index (χ2n) is 5.83. The zero-order valence-corrected chi connectivity index (χ0v) is 14.7. The molecule has 2 rings (SSSR count). The summed E-state index contributed by atoms with van der Waals surface area (Å²) in [5.74, 6) is 1.28. The van der Waals surface area contributed by atoms with Crippen molar-refractivity contribution in [1.29, 1.82) is 0 Å². The van der Waals surface area contributed by atoms with E-state index < -0.39 is 10.0 Å². The average molecular weight is 375 g/mol. The normalized spacial score (nSPS) is 23.1. The summed E-state index contributed by atoms with van der Waals surface area (Å²) in [5, 5.41) is 0. The monoisotopic (exact) mass is 374 g/mol. The molecule has 0 saturated heterocycles. The fourth-order valence-electron chi connectivity index (χ4n) is 2.84. The van der Waals surface area contributed by atoms with Gasteiger partial charge in [-0.25, -0.2) is 13.1 Å². The van der Waals surface area contributed by atoms with Gasteiger partial charge in [-0.2, -0.15) is 0 Å². The van der Waals surface area contributed by atoms with Gasteiger partial charge < -0.3 is 5.73 Å². The molecule has 3 N–H and O–H groups in total. The van der Waals surface area contributed by atoms with Gasteiger partial charge in [-0.15, -0.1) is 0 Å². The van der Waals surface area contributed by atoms with Crippen LogP contribution in [-0.2, 0) is 10.0 Å². The molecule has 0 atom stereocenters. The van der Waals surface area contributed by atoms with Gasteiger partial charge in [-0.05, 0) is 58.8 Å². The minimum Gasteiger partial charge on any atom is -0.398 e. The Hall–Kier alpha value is -0.590. The summed E-state index contributed by atoms with van der Waals surface area (Å²) in [5.41, 5.74) is 6.18. The van der Waals surface area contributed by atoms with E-state index in [1.165, 1.54) is 25.3 Å². The van der Waals surface area contributed by atoms with E-state index in [9.17, 15) is 8.42 Å². The van der Waals surface area contributed by atoms with E-state index in [4.69, 9.17) is 5.73 Å². The first-order chi connectivity index (χ1) is 9.92. The topological polar surface area (TPSA) is 72.2 Å². The van der Waals surface area contributed by atoms with Gasteiger partial charge >= 0.3 is 0 Å². The second-order valence-corrected chi connectivity index (χ2v) is 8.45. The van der Waals surface area contributed by atoms with Crippen LogP contribution in [0.3, 0.4) is 0 Å². The quantitative estimate of drug-likeness (QED) is 0.774. The van der Waals surface area contributed by atoms with Gasteiger partial charge in [0.2, 0.25) is 10.0 Å². The van der Waals surface area contributed by atoms with Gasteiger partial charge in [0, 0.05) is 16.7 Å².